The van der Waals surface area contributed by atoms with E-state index in [9.17, 15) is 0 Å². The third kappa shape index (κ3) is 4.04. The smallest absolute Gasteiger partial charge is 0.0941 e. The van der Waals surface area contributed by atoms with Crippen LogP contribution in [0.2, 0.25) is 32.7 Å². The lowest BCUT2D eigenvalue weighted by molar-refractivity contribution is 0.522. The molecule has 1 heterocycles. The van der Waals surface area contributed by atoms with Gasteiger partial charge in [-0.1, -0.05) is 149 Å². The standard InChI is InChI=1S/C49H47NSi2/c1-48(2)28-27-34-29-38(24-26-41(34)48)50(36-18-9-8-10-19-36)37-20-13-17-35(30-37)44-39-21-12-11-15-33(39)31-42-46(44)40-25-23-32-16-14-22-43-45(32)47(40)49(42,51(3,4)5)52(43,6)7/h8-26,29-31H,27-28H2,1-7H3. The van der Waals surface area contributed by atoms with Crippen LogP contribution < -0.4 is 10.1 Å². The van der Waals surface area contributed by atoms with Crippen LogP contribution >= 0.6 is 0 Å². The quantitative estimate of drug-likeness (QED) is 0.161. The van der Waals surface area contributed by atoms with E-state index in [-0.39, 0.29) is 10.1 Å². The van der Waals surface area contributed by atoms with E-state index in [4.69, 9.17) is 0 Å². The molecular formula is C49H47NSi2. The summed E-state index contributed by atoms with van der Waals surface area (Å²) in [6.45, 7) is 18.1. The van der Waals surface area contributed by atoms with Crippen LogP contribution in [0, 0.1) is 0 Å². The van der Waals surface area contributed by atoms with Gasteiger partial charge in [0.15, 0.2) is 0 Å². The van der Waals surface area contributed by atoms with Crippen molar-refractivity contribution in [3.63, 3.8) is 0 Å². The Morgan fingerprint density at radius 3 is 2.13 bits per heavy atom. The topological polar surface area (TPSA) is 3.24 Å². The van der Waals surface area contributed by atoms with E-state index in [2.05, 4.69) is 185 Å². The summed E-state index contributed by atoms with van der Waals surface area (Å²) in [7, 11) is -3.93. The molecule has 0 aromatic heterocycles. The van der Waals surface area contributed by atoms with Gasteiger partial charge < -0.3 is 4.90 Å². The summed E-state index contributed by atoms with van der Waals surface area (Å²) in [6.07, 6.45) is 2.34. The van der Waals surface area contributed by atoms with Crippen LogP contribution in [0.3, 0.4) is 0 Å². The van der Waals surface area contributed by atoms with Crippen molar-refractivity contribution in [2.45, 2.75) is 69.5 Å². The molecule has 52 heavy (non-hydrogen) atoms. The van der Waals surface area contributed by atoms with Gasteiger partial charge in [-0.25, -0.2) is 0 Å². The van der Waals surface area contributed by atoms with E-state index in [1.165, 1.54) is 73.0 Å². The second kappa shape index (κ2) is 10.7. The van der Waals surface area contributed by atoms with Gasteiger partial charge in [0.05, 0.1) is 16.1 Å². The molecule has 0 amide bonds. The molecule has 1 unspecified atom stereocenters. The Balaban J connectivity index is 1.27. The van der Waals surface area contributed by atoms with Crippen molar-refractivity contribution in [2.75, 3.05) is 4.90 Å². The SMILES string of the molecule is CC1(C)CCc2cc(N(c3ccccc3)c3cccc(-c4c5c(cc6ccccc46)C4([Si](C)(C)C)c6c-5ccc5cccc(c65)[Si]4(C)C)c3)ccc21. The number of hydrogen-bond acceptors (Lipinski definition) is 1. The Morgan fingerprint density at radius 1 is 0.615 bits per heavy atom. The van der Waals surface area contributed by atoms with Crippen molar-refractivity contribution in [1.29, 1.82) is 0 Å². The zero-order valence-electron chi connectivity index (χ0n) is 31.6. The summed E-state index contributed by atoms with van der Waals surface area (Å²) in [5.74, 6) is 0. The van der Waals surface area contributed by atoms with E-state index >= 15 is 0 Å². The lowest BCUT2D eigenvalue weighted by Gasteiger charge is -2.49. The molecule has 0 radical (unpaired) electrons. The lowest BCUT2D eigenvalue weighted by Crippen LogP contribution is -2.66. The minimum Gasteiger partial charge on any atom is -0.310 e. The van der Waals surface area contributed by atoms with Crippen LogP contribution in [-0.2, 0) is 16.5 Å². The summed E-state index contributed by atoms with van der Waals surface area (Å²) in [6, 6.07) is 51.5. The molecule has 0 N–H and O–H groups in total. The van der Waals surface area contributed by atoms with Gasteiger partial charge in [0.25, 0.3) is 0 Å². The first-order chi connectivity index (χ1) is 24.9. The maximum absolute atomic E-state index is 2.68. The molecule has 3 heteroatoms. The number of hydrogen-bond donors (Lipinski definition) is 0. The largest absolute Gasteiger partial charge is 0.310 e. The number of aryl methyl sites for hydroxylation is 1. The normalized spacial score (nSPS) is 18.9. The fourth-order valence-electron chi connectivity index (χ4n) is 11.4. The fraction of sp³-hybridized carbons (Fsp3) is 0.224. The highest BCUT2D eigenvalue weighted by Crippen LogP contribution is 2.65. The average Bonchev–Trinajstić information content (AvgIpc) is 3.70. The molecule has 0 spiro atoms. The molecule has 2 aliphatic carbocycles. The number of rotatable bonds is 5. The molecule has 1 atom stereocenters. The van der Waals surface area contributed by atoms with Crippen molar-refractivity contribution >= 4 is 59.9 Å². The molecule has 1 nitrogen and oxygen atoms in total. The van der Waals surface area contributed by atoms with E-state index in [1.54, 1.807) is 21.7 Å². The predicted octanol–water partition coefficient (Wildman–Crippen LogP) is 13.0. The van der Waals surface area contributed by atoms with Crippen molar-refractivity contribution in [3.05, 3.63) is 156 Å². The van der Waals surface area contributed by atoms with Crippen LogP contribution in [0.1, 0.15) is 42.5 Å². The Labute approximate surface area is 311 Å². The van der Waals surface area contributed by atoms with Crippen LogP contribution in [0.5, 0.6) is 0 Å². The molecule has 7 aromatic rings. The summed E-state index contributed by atoms with van der Waals surface area (Å²) >= 11 is 0. The van der Waals surface area contributed by atoms with E-state index in [0.29, 0.717) is 0 Å². The highest BCUT2D eigenvalue weighted by Gasteiger charge is 2.66. The summed E-state index contributed by atoms with van der Waals surface area (Å²) in [5, 5.41) is 7.33. The van der Waals surface area contributed by atoms with Gasteiger partial charge in [-0.3, -0.25) is 0 Å². The zero-order chi connectivity index (χ0) is 35.8. The number of nitrogens with zero attached hydrogens (tertiary/aromatic N) is 1. The van der Waals surface area contributed by atoms with Gasteiger partial charge in [-0.15, -0.1) is 0 Å². The number of anilines is 3. The first-order valence-electron chi connectivity index (χ1n) is 19.2. The maximum Gasteiger partial charge on any atom is 0.0941 e. The molecule has 10 rings (SSSR count). The average molecular weight is 706 g/mol. The molecule has 0 saturated carbocycles. The Morgan fingerprint density at radius 2 is 1.33 bits per heavy atom. The summed E-state index contributed by atoms with van der Waals surface area (Å²) < 4.78 is 0.0819. The zero-order valence-corrected chi connectivity index (χ0v) is 33.6. The van der Waals surface area contributed by atoms with Gasteiger partial charge in [-0.05, 0) is 121 Å². The molecule has 0 bridgehead atoms. The first-order valence-corrected chi connectivity index (χ1v) is 25.7. The van der Waals surface area contributed by atoms with E-state index in [1.807, 2.05) is 0 Å². The van der Waals surface area contributed by atoms with Crippen molar-refractivity contribution in [1.82, 2.24) is 0 Å². The van der Waals surface area contributed by atoms with Gasteiger partial charge in [-0.2, -0.15) is 0 Å². The second-order valence-corrected chi connectivity index (χ2v) is 28.1. The molecule has 1 aliphatic heterocycles. The van der Waals surface area contributed by atoms with Crippen LogP contribution in [0.15, 0.2) is 133 Å². The minimum absolute atomic E-state index is 0.0819. The van der Waals surface area contributed by atoms with E-state index < -0.39 is 16.1 Å². The predicted molar refractivity (Wildman–Crippen MR) is 230 cm³/mol. The van der Waals surface area contributed by atoms with E-state index in [0.717, 1.165) is 6.42 Å². The van der Waals surface area contributed by atoms with Crippen LogP contribution in [-0.4, -0.2) is 16.1 Å². The Hall–Kier alpha value is -4.71. The van der Waals surface area contributed by atoms with Crippen LogP contribution in [0.25, 0.3) is 43.8 Å². The number of para-hydroxylation sites is 1. The van der Waals surface area contributed by atoms with Gasteiger partial charge >= 0.3 is 0 Å². The second-order valence-electron chi connectivity index (χ2n) is 17.9. The molecule has 7 aromatic carbocycles. The molecule has 256 valence electrons. The molecule has 0 fully saturated rings. The fourth-order valence-corrected chi connectivity index (χ4v) is 24.9. The van der Waals surface area contributed by atoms with Crippen molar-refractivity contribution < 1.29 is 0 Å². The highest BCUT2D eigenvalue weighted by molar-refractivity contribution is 7.08. The number of fused-ring (bicyclic) bond motifs is 5. The maximum atomic E-state index is 2.68. The molecular weight excluding hydrogens is 659 g/mol. The van der Waals surface area contributed by atoms with Gasteiger partial charge in [0, 0.05) is 21.7 Å². The Kier molecular flexibility index (Phi) is 6.57. The monoisotopic (exact) mass is 705 g/mol. The summed E-state index contributed by atoms with van der Waals surface area (Å²) in [5.41, 5.74) is 15.7. The molecule has 0 saturated heterocycles. The third-order valence-electron chi connectivity index (χ3n) is 13.4. The van der Waals surface area contributed by atoms with Gasteiger partial charge in [0.1, 0.15) is 0 Å². The lowest BCUT2D eigenvalue weighted by atomic mass is 9.86. The molecule has 3 aliphatic rings. The van der Waals surface area contributed by atoms with Crippen LogP contribution in [0.4, 0.5) is 17.1 Å². The highest BCUT2D eigenvalue weighted by atomic mass is 28.4. The van der Waals surface area contributed by atoms with Crippen molar-refractivity contribution in [3.8, 4) is 22.3 Å². The number of benzene rings is 7. The van der Waals surface area contributed by atoms with Gasteiger partial charge in [0.2, 0.25) is 0 Å². The Bertz CT molecular complexity index is 2630. The first kappa shape index (κ1) is 32.0. The third-order valence-corrected chi connectivity index (χ3v) is 24.4. The van der Waals surface area contributed by atoms with Crippen molar-refractivity contribution in [2.24, 2.45) is 0 Å². The minimum atomic E-state index is -2.05. The summed E-state index contributed by atoms with van der Waals surface area (Å²) in [4.78, 5) is 2.47.